The maximum absolute atomic E-state index is 12.8. The Balaban J connectivity index is 1.45. The van der Waals surface area contributed by atoms with Gasteiger partial charge in [0.15, 0.2) is 0 Å². The van der Waals surface area contributed by atoms with Crippen molar-refractivity contribution in [3.63, 3.8) is 0 Å². The number of fused-ring (bicyclic) bond motifs is 3. The molecule has 0 N–H and O–H groups in total. The molecule has 0 unspecified atom stereocenters. The van der Waals surface area contributed by atoms with Crippen molar-refractivity contribution in [2.75, 3.05) is 13.6 Å². The van der Waals surface area contributed by atoms with Gasteiger partial charge in [-0.15, -0.1) is 0 Å². The van der Waals surface area contributed by atoms with E-state index in [1.54, 1.807) is 17.0 Å². The Morgan fingerprint density at radius 3 is 2.80 bits per heavy atom. The quantitative estimate of drug-likeness (QED) is 0.528. The number of aryl methyl sites for hydroxylation is 1. The predicted molar refractivity (Wildman–Crippen MR) is 117 cm³/mol. The number of likely N-dealkylation sites (N-methyl/N-ethyl adjacent to an activating group) is 1. The molecule has 0 radical (unpaired) electrons. The zero-order valence-electron chi connectivity index (χ0n) is 17.2. The topological polar surface area (TPSA) is 52.3 Å². The Bertz CT molecular complexity index is 1270. The van der Waals surface area contributed by atoms with Crippen molar-refractivity contribution in [1.82, 2.24) is 19.0 Å². The number of hydrogen-bond acceptors (Lipinski definition) is 4. The summed E-state index contributed by atoms with van der Waals surface area (Å²) in [6.07, 6.45) is 4.56. The largest absolute Gasteiger partial charge is 0.487 e. The SMILES string of the molecule is CN1CCc2c(n(C)c3cc(-n4ccc(OCc5ccccn5)cc4=O)ccc23)C1. The van der Waals surface area contributed by atoms with E-state index in [1.807, 2.05) is 30.3 Å². The van der Waals surface area contributed by atoms with Crippen LogP contribution < -0.4 is 10.3 Å². The van der Waals surface area contributed by atoms with Gasteiger partial charge in [0, 0.05) is 49.7 Å². The number of nitrogens with zero attached hydrogens (tertiary/aromatic N) is 4. The highest BCUT2D eigenvalue weighted by molar-refractivity contribution is 5.87. The molecule has 152 valence electrons. The lowest BCUT2D eigenvalue weighted by Crippen LogP contribution is -2.27. The minimum atomic E-state index is -0.119. The molecule has 0 amide bonds. The molecule has 30 heavy (non-hydrogen) atoms. The lowest BCUT2D eigenvalue weighted by Gasteiger charge is -2.23. The first-order valence-corrected chi connectivity index (χ1v) is 10.1. The fourth-order valence-corrected chi connectivity index (χ4v) is 4.23. The van der Waals surface area contributed by atoms with Gasteiger partial charge >= 0.3 is 0 Å². The molecule has 0 fully saturated rings. The molecule has 0 atom stereocenters. The zero-order chi connectivity index (χ0) is 20.7. The van der Waals surface area contributed by atoms with Gasteiger partial charge in [0.25, 0.3) is 5.56 Å². The minimum Gasteiger partial charge on any atom is -0.487 e. The summed E-state index contributed by atoms with van der Waals surface area (Å²) < 4.78 is 9.65. The molecule has 3 aromatic heterocycles. The second kappa shape index (κ2) is 7.46. The number of aromatic nitrogens is 3. The average Bonchev–Trinajstić information content (AvgIpc) is 3.04. The van der Waals surface area contributed by atoms with E-state index in [2.05, 4.69) is 40.7 Å². The summed E-state index contributed by atoms with van der Waals surface area (Å²) in [5.41, 5.74) is 5.52. The average molecular weight is 400 g/mol. The van der Waals surface area contributed by atoms with E-state index >= 15 is 0 Å². The van der Waals surface area contributed by atoms with E-state index in [4.69, 9.17) is 4.74 Å². The van der Waals surface area contributed by atoms with Gasteiger partial charge in [0.05, 0.1) is 16.9 Å². The smallest absolute Gasteiger partial charge is 0.258 e. The predicted octanol–water partition coefficient (Wildman–Crippen LogP) is 3.29. The number of rotatable bonds is 4. The summed E-state index contributed by atoms with van der Waals surface area (Å²) in [5, 5.41) is 1.28. The maximum Gasteiger partial charge on any atom is 0.258 e. The normalized spacial score (nSPS) is 14.1. The van der Waals surface area contributed by atoms with Gasteiger partial charge in [-0.1, -0.05) is 12.1 Å². The molecule has 1 aliphatic rings. The van der Waals surface area contributed by atoms with Gasteiger partial charge < -0.3 is 14.2 Å². The first-order valence-electron chi connectivity index (χ1n) is 10.1. The van der Waals surface area contributed by atoms with E-state index in [0.717, 1.165) is 36.4 Å². The monoisotopic (exact) mass is 400 g/mol. The molecule has 6 heteroatoms. The highest BCUT2D eigenvalue weighted by Gasteiger charge is 2.21. The fourth-order valence-electron chi connectivity index (χ4n) is 4.23. The lowest BCUT2D eigenvalue weighted by atomic mass is 10.0. The van der Waals surface area contributed by atoms with Crippen molar-refractivity contribution in [2.45, 2.75) is 19.6 Å². The zero-order valence-corrected chi connectivity index (χ0v) is 17.2. The van der Waals surface area contributed by atoms with Crippen LogP contribution in [0.25, 0.3) is 16.6 Å². The molecule has 4 heterocycles. The van der Waals surface area contributed by atoms with E-state index < -0.39 is 0 Å². The number of hydrogen-bond donors (Lipinski definition) is 0. The van der Waals surface area contributed by atoms with Crippen LogP contribution in [0, 0.1) is 0 Å². The highest BCUT2D eigenvalue weighted by Crippen LogP contribution is 2.30. The van der Waals surface area contributed by atoms with E-state index in [9.17, 15) is 4.79 Å². The van der Waals surface area contributed by atoms with Crippen LogP contribution in [-0.2, 0) is 26.6 Å². The summed E-state index contributed by atoms with van der Waals surface area (Å²) in [5.74, 6) is 0.542. The molecular weight excluding hydrogens is 376 g/mol. The van der Waals surface area contributed by atoms with Crippen LogP contribution in [0.2, 0.25) is 0 Å². The molecule has 6 nitrogen and oxygen atoms in total. The molecule has 4 aromatic rings. The number of benzene rings is 1. The fraction of sp³-hybridized carbons (Fsp3) is 0.250. The summed E-state index contributed by atoms with van der Waals surface area (Å²) in [7, 11) is 4.27. The first kappa shape index (κ1) is 18.6. The maximum atomic E-state index is 12.8. The highest BCUT2D eigenvalue weighted by atomic mass is 16.5. The van der Waals surface area contributed by atoms with Crippen molar-refractivity contribution >= 4 is 10.9 Å². The molecule has 5 rings (SSSR count). The molecule has 0 bridgehead atoms. The van der Waals surface area contributed by atoms with Gasteiger partial charge in [-0.2, -0.15) is 0 Å². The minimum absolute atomic E-state index is 0.119. The van der Waals surface area contributed by atoms with Crippen LogP contribution >= 0.6 is 0 Å². The summed E-state index contributed by atoms with van der Waals surface area (Å²) in [6.45, 7) is 2.37. The van der Waals surface area contributed by atoms with Crippen molar-refractivity contribution in [3.8, 4) is 11.4 Å². The van der Waals surface area contributed by atoms with E-state index in [1.165, 1.54) is 22.7 Å². The Labute approximate surface area is 175 Å². The van der Waals surface area contributed by atoms with Crippen LogP contribution in [0.15, 0.2) is 65.7 Å². The number of pyridine rings is 2. The van der Waals surface area contributed by atoms with Crippen LogP contribution in [0.4, 0.5) is 0 Å². The van der Waals surface area contributed by atoms with E-state index in [-0.39, 0.29) is 5.56 Å². The third kappa shape index (κ3) is 3.29. The van der Waals surface area contributed by atoms with Gasteiger partial charge in [-0.25, -0.2) is 0 Å². The second-order valence-corrected chi connectivity index (χ2v) is 7.85. The molecule has 0 saturated heterocycles. The Morgan fingerprint density at radius 2 is 2.00 bits per heavy atom. The second-order valence-electron chi connectivity index (χ2n) is 7.85. The summed E-state index contributed by atoms with van der Waals surface area (Å²) >= 11 is 0. The van der Waals surface area contributed by atoms with Crippen molar-refractivity contribution in [3.05, 3.63) is 88.2 Å². The molecule has 1 aliphatic heterocycles. The van der Waals surface area contributed by atoms with Crippen LogP contribution in [-0.4, -0.2) is 32.6 Å². The van der Waals surface area contributed by atoms with Crippen molar-refractivity contribution in [2.24, 2.45) is 7.05 Å². The van der Waals surface area contributed by atoms with Crippen LogP contribution in [0.5, 0.6) is 5.75 Å². The van der Waals surface area contributed by atoms with Gasteiger partial charge in [0.2, 0.25) is 0 Å². The molecule has 1 aromatic carbocycles. The first-order chi connectivity index (χ1) is 14.6. The standard InChI is InChI=1S/C24H24N4O2/c1-26-11-9-21-20-7-6-18(13-22(20)27(2)23(21)15-26)28-12-8-19(14-24(28)29)30-16-17-5-3-4-10-25-17/h3-8,10,12-14H,9,11,15-16H2,1-2H3. The molecular formula is C24H24N4O2. The van der Waals surface area contributed by atoms with Crippen LogP contribution in [0.1, 0.15) is 17.0 Å². The third-order valence-electron chi connectivity index (χ3n) is 5.87. The lowest BCUT2D eigenvalue weighted by molar-refractivity contribution is 0.300. The van der Waals surface area contributed by atoms with Crippen molar-refractivity contribution < 1.29 is 4.74 Å². The summed E-state index contributed by atoms with van der Waals surface area (Å²) in [6, 6.07) is 15.3. The Kier molecular flexibility index (Phi) is 4.64. The van der Waals surface area contributed by atoms with Gasteiger partial charge in [0.1, 0.15) is 12.4 Å². The molecule has 0 saturated carbocycles. The Morgan fingerprint density at radius 1 is 1.10 bits per heavy atom. The number of ether oxygens (including phenoxy) is 1. The van der Waals surface area contributed by atoms with Crippen molar-refractivity contribution in [1.29, 1.82) is 0 Å². The van der Waals surface area contributed by atoms with Gasteiger partial charge in [-0.05, 0) is 49.4 Å². The van der Waals surface area contributed by atoms with Crippen LogP contribution in [0.3, 0.4) is 0 Å². The molecule has 0 spiro atoms. The molecule has 0 aliphatic carbocycles. The third-order valence-corrected chi connectivity index (χ3v) is 5.87. The Hall–Kier alpha value is -3.38. The summed E-state index contributed by atoms with van der Waals surface area (Å²) in [4.78, 5) is 19.3. The van der Waals surface area contributed by atoms with Gasteiger partial charge in [-0.3, -0.25) is 14.3 Å². The van der Waals surface area contributed by atoms with E-state index in [0.29, 0.717) is 12.4 Å².